The summed E-state index contributed by atoms with van der Waals surface area (Å²) in [5.41, 5.74) is 1.59. The third-order valence-electron chi connectivity index (χ3n) is 1.95. The molecule has 0 saturated carbocycles. The number of Topliss-reactive ketones (excluding diaryl/α,β-unsaturated/α-hetero) is 1. The molecule has 0 aliphatic rings. The van der Waals surface area contributed by atoms with E-state index in [1.807, 2.05) is 19.1 Å². The van der Waals surface area contributed by atoms with Crippen molar-refractivity contribution in [2.45, 2.75) is 19.9 Å². The van der Waals surface area contributed by atoms with Crippen LogP contribution in [0.1, 0.15) is 27.0 Å². The first-order chi connectivity index (χ1) is 7.29. The van der Waals surface area contributed by atoms with Gasteiger partial charge in [0.15, 0.2) is 5.78 Å². The van der Waals surface area contributed by atoms with E-state index in [-0.39, 0.29) is 5.78 Å². The van der Waals surface area contributed by atoms with Crippen molar-refractivity contribution in [3.8, 4) is 0 Å². The van der Waals surface area contributed by atoms with Crippen LogP contribution in [0.5, 0.6) is 0 Å². The molecule has 0 saturated heterocycles. The second-order valence-corrected chi connectivity index (χ2v) is 3.10. The lowest BCUT2D eigenvalue weighted by Gasteiger charge is -2.08. The van der Waals surface area contributed by atoms with Crippen LogP contribution >= 0.6 is 0 Å². The molecular formula is C11H15NO. The first-order valence-electron chi connectivity index (χ1n) is 5.68. The summed E-state index contributed by atoms with van der Waals surface area (Å²) < 4.78 is 21.1. The number of carbonyl (C=O) groups is 1. The Balaban J connectivity index is 2.74. The van der Waals surface area contributed by atoms with Gasteiger partial charge in [-0.3, -0.25) is 4.79 Å². The standard InChI is InChI=1S/C11H15NO/c1-8-4-6-10(7-5-8)11(13)9(2)12-3/h4-7,9,12H,1-3H3/i3+1D3. The van der Waals surface area contributed by atoms with Crippen molar-refractivity contribution in [2.75, 3.05) is 6.98 Å². The van der Waals surface area contributed by atoms with Crippen molar-refractivity contribution in [1.82, 2.24) is 5.32 Å². The molecule has 0 aromatic heterocycles. The van der Waals surface area contributed by atoms with E-state index in [0.717, 1.165) is 5.56 Å². The lowest BCUT2D eigenvalue weighted by molar-refractivity contribution is 0.0955. The van der Waals surface area contributed by atoms with Crippen molar-refractivity contribution >= 4 is 5.78 Å². The predicted octanol–water partition coefficient (Wildman–Crippen LogP) is 1.79. The predicted molar refractivity (Wildman–Crippen MR) is 54.0 cm³/mol. The van der Waals surface area contributed by atoms with Crippen LogP contribution in [0.15, 0.2) is 24.3 Å². The van der Waals surface area contributed by atoms with Crippen LogP contribution in [0, 0.1) is 6.92 Å². The maximum Gasteiger partial charge on any atom is 0.179 e. The van der Waals surface area contributed by atoms with E-state index in [0.29, 0.717) is 5.56 Å². The number of benzene rings is 1. The smallest absolute Gasteiger partial charge is 0.179 e. The molecule has 1 N–H and O–H groups in total. The Hall–Kier alpha value is -1.15. The van der Waals surface area contributed by atoms with Crippen LogP contribution in [0.3, 0.4) is 0 Å². The van der Waals surface area contributed by atoms with E-state index in [4.69, 9.17) is 4.11 Å². The van der Waals surface area contributed by atoms with Gasteiger partial charge >= 0.3 is 0 Å². The van der Waals surface area contributed by atoms with Crippen molar-refractivity contribution in [3.63, 3.8) is 0 Å². The normalized spacial score (nSPS) is 16.9. The number of hydrogen-bond donors (Lipinski definition) is 1. The van der Waals surface area contributed by atoms with Crippen LogP contribution in [0.4, 0.5) is 0 Å². The molecular weight excluding hydrogens is 163 g/mol. The summed E-state index contributed by atoms with van der Waals surface area (Å²) >= 11 is 0. The molecule has 1 aromatic carbocycles. The van der Waals surface area contributed by atoms with Crippen LogP contribution < -0.4 is 5.32 Å². The lowest BCUT2D eigenvalue weighted by Crippen LogP contribution is -2.30. The molecule has 13 heavy (non-hydrogen) atoms. The molecule has 2 heteroatoms. The van der Waals surface area contributed by atoms with E-state index in [2.05, 4.69) is 5.32 Å². The lowest BCUT2D eigenvalue weighted by atomic mass is 10.0. The van der Waals surface area contributed by atoms with Crippen LogP contribution in [-0.4, -0.2) is 18.8 Å². The third kappa shape index (κ3) is 2.39. The number of aryl methyl sites for hydroxylation is 1. The van der Waals surface area contributed by atoms with Gasteiger partial charge in [-0.25, -0.2) is 0 Å². The molecule has 1 rings (SSSR count). The third-order valence-corrected chi connectivity index (χ3v) is 1.95. The van der Waals surface area contributed by atoms with Crippen molar-refractivity contribution in [1.29, 1.82) is 0 Å². The highest BCUT2D eigenvalue weighted by Crippen LogP contribution is 2.05. The average molecular weight is 181 g/mol. The van der Waals surface area contributed by atoms with Crippen LogP contribution in [0.2, 0.25) is 0 Å². The van der Waals surface area contributed by atoms with Gasteiger partial charge in [0.25, 0.3) is 0 Å². The van der Waals surface area contributed by atoms with Crippen molar-refractivity contribution in [2.24, 2.45) is 0 Å². The van der Waals surface area contributed by atoms with Gasteiger partial charge in [0.1, 0.15) is 0 Å². The number of rotatable bonds is 3. The van der Waals surface area contributed by atoms with Gasteiger partial charge in [0.2, 0.25) is 0 Å². The second-order valence-electron chi connectivity index (χ2n) is 3.10. The van der Waals surface area contributed by atoms with E-state index in [1.165, 1.54) is 0 Å². The van der Waals surface area contributed by atoms with Gasteiger partial charge in [0, 0.05) is 9.68 Å². The molecule has 0 aliphatic heterocycles. The molecule has 0 spiro atoms. The minimum absolute atomic E-state index is 0.212. The molecule has 70 valence electrons. The van der Waals surface area contributed by atoms with Gasteiger partial charge in [-0.1, -0.05) is 29.8 Å². The summed E-state index contributed by atoms with van der Waals surface area (Å²) in [6.07, 6.45) is 0. The van der Waals surface area contributed by atoms with Crippen molar-refractivity contribution in [3.05, 3.63) is 35.4 Å². The zero-order valence-electron chi connectivity index (χ0n) is 10.8. The number of carbonyl (C=O) groups excluding carboxylic acids is 1. The Labute approximate surface area is 83.2 Å². The molecule has 1 unspecified atom stereocenters. The van der Waals surface area contributed by atoms with E-state index >= 15 is 0 Å². The molecule has 0 fully saturated rings. The Morgan fingerprint density at radius 2 is 2.08 bits per heavy atom. The average Bonchev–Trinajstić information content (AvgIpc) is 2.15. The van der Waals surface area contributed by atoms with Gasteiger partial charge < -0.3 is 5.32 Å². The number of hydrogen-bond acceptors (Lipinski definition) is 2. The van der Waals surface area contributed by atoms with E-state index in [1.54, 1.807) is 19.1 Å². The number of nitrogens with one attached hydrogen (secondary N) is 1. The molecule has 1 aromatic rings. The quantitative estimate of drug-likeness (QED) is 0.569. The first kappa shape index (κ1) is 6.33. The number of ketones is 1. The Bertz CT molecular complexity index is 370. The minimum atomic E-state index is -2.29. The molecule has 0 heterocycles. The fourth-order valence-electron chi connectivity index (χ4n) is 1.03. The summed E-state index contributed by atoms with van der Waals surface area (Å²) in [4.78, 5) is 11.8. The highest BCUT2D eigenvalue weighted by atomic mass is 16.1. The first-order valence-corrected chi connectivity index (χ1v) is 4.18. The fraction of sp³-hybridized carbons (Fsp3) is 0.364. The Morgan fingerprint density at radius 1 is 1.46 bits per heavy atom. The monoisotopic (exact) mass is 181 g/mol. The van der Waals surface area contributed by atoms with Gasteiger partial charge in [-0.15, -0.1) is 0 Å². The summed E-state index contributed by atoms with van der Waals surface area (Å²) in [5.74, 6) is -0.212. The molecule has 0 aliphatic carbocycles. The summed E-state index contributed by atoms with van der Waals surface area (Å²) in [6, 6.07) is 6.35. The fourth-order valence-corrected chi connectivity index (χ4v) is 1.03. The van der Waals surface area contributed by atoms with Crippen LogP contribution in [-0.2, 0) is 0 Å². The number of likely N-dealkylation sites (N-methyl/N-ethyl adjacent to an activating group) is 1. The molecule has 2 nitrogen and oxygen atoms in total. The highest BCUT2D eigenvalue weighted by molar-refractivity contribution is 5.99. The van der Waals surface area contributed by atoms with Crippen molar-refractivity contribution < 1.29 is 8.91 Å². The van der Waals surface area contributed by atoms with Crippen LogP contribution in [0.25, 0.3) is 0 Å². The SMILES string of the molecule is [2H][13C]([2H])([2H])NC(C)C(=O)c1ccc(C)cc1. The molecule has 1 atom stereocenters. The Morgan fingerprint density at radius 3 is 2.62 bits per heavy atom. The minimum Gasteiger partial charge on any atom is -0.310 e. The van der Waals surface area contributed by atoms with Gasteiger partial charge in [0.05, 0.1) is 6.04 Å². The Kier molecular flexibility index (Phi) is 2.04. The molecule has 0 radical (unpaired) electrons. The zero-order chi connectivity index (χ0) is 12.3. The largest absolute Gasteiger partial charge is 0.310 e. The highest BCUT2D eigenvalue weighted by Gasteiger charge is 2.11. The van der Waals surface area contributed by atoms with E-state index < -0.39 is 13.0 Å². The topological polar surface area (TPSA) is 29.1 Å². The maximum absolute atomic E-state index is 11.8. The zero-order valence-corrected chi connectivity index (χ0v) is 7.79. The summed E-state index contributed by atoms with van der Waals surface area (Å²) in [6.45, 7) is 1.19. The van der Waals surface area contributed by atoms with Gasteiger partial charge in [-0.05, 0) is 20.8 Å². The molecule has 0 amide bonds. The summed E-state index contributed by atoms with van der Waals surface area (Å²) in [7, 11) is 0. The maximum atomic E-state index is 11.8. The van der Waals surface area contributed by atoms with Gasteiger partial charge in [-0.2, -0.15) is 0 Å². The summed E-state index contributed by atoms with van der Waals surface area (Å²) in [5, 5.41) is 2.28. The molecule has 0 bridgehead atoms. The second kappa shape index (κ2) is 4.19. The van der Waals surface area contributed by atoms with E-state index in [9.17, 15) is 4.79 Å².